The number of thiophene rings is 1. The first kappa shape index (κ1) is 24.6. The van der Waals surface area contributed by atoms with Gasteiger partial charge in [0.05, 0.1) is 10.5 Å². The molecule has 1 N–H and O–H groups in total. The fourth-order valence-corrected chi connectivity index (χ4v) is 5.69. The summed E-state index contributed by atoms with van der Waals surface area (Å²) in [4.78, 5) is 16.2. The van der Waals surface area contributed by atoms with Crippen molar-refractivity contribution in [1.29, 1.82) is 0 Å². The summed E-state index contributed by atoms with van der Waals surface area (Å²) in [7, 11) is 0. The third-order valence-corrected chi connectivity index (χ3v) is 7.84. The standard InChI is InChI=1S/C26H22BrF3N4OS/c27-22-23(25(35)33(15-17-8-3-1-4-9-17)16-18-10-5-2-6-11-18)32-34-21(26(28,29)30)14-19(31-24(22)34)20-12-7-13-36-20/h1-13,19,21,31H,14-16H2/t19-,21+/m0/s1. The number of alkyl halides is 3. The highest BCUT2D eigenvalue weighted by atomic mass is 79.9. The highest BCUT2D eigenvalue weighted by Crippen LogP contribution is 2.47. The van der Waals surface area contributed by atoms with Crippen molar-refractivity contribution in [3.05, 3.63) is 104 Å². The fourth-order valence-electron chi connectivity index (χ4n) is 4.36. The number of halogens is 4. The summed E-state index contributed by atoms with van der Waals surface area (Å²) in [5.41, 5.74) is 1.77. The van der Waals surface area contributed by atoms with Crippen LogP contribution < -0.4 is 5.32 Å². The molecule has 36 heavy (non-hydrogen) atoms. The van der Waals surface area contributed by atoms with Gasteiger partial charge in [-0.2, -0.15) is 18.3 Å². The minimum atomic E-state index is -4.52. The van der Waals surface area contributed by atoms with E-state index in [1.807, 2.05) is 78.2 Å². The lowest BCUT2D eigenvalue weighted by molar-refractivity contribution is -0.173. The topological polar surface area (TPSA) is 50.2 Å². The number of anilines is 1. The molecule has 2 aromatic heterocycles. The van der Waals surface area contributed by atoms with Crippen molar-refractivity contribution < 1.29 is 18.0 Å². The lowest BCUT2D eigenvalue weighted by Gasteiger charge is -2.33. The average Bonchev–Trinajstić information content (AvgIpc) is 3.52. The molecule has 0 unspecified atom stereocenters. The normalized spacial score (nSPS) is 17.3. The van der Waals surface area contributed by atoms with Gasteiger partial charge in [0.15, 0.2) is 11.7 Å². The van der Waals surface area contributed by atoms with Crippen molar-refractivity contribution in [2.24, 2.45) is 0 Å². The van der Waals surface area contributed by atoms with E-state index in [9.17, 15) is 18.0 Å². The SMILES string of the molecule is O=C(c1nn2c(c1Br)N[C@H](c1cccs1)C[C@@H]2C(F)(F)F)N(Cc1ccccc1)Cc1ccccc1. The van der Waals surface area contributed by atoms with Gasteiger partial charge >= 0.3 is 6.18 Å². The van der Waals surface area contributed by atoms with Crippen LogP contribution in [0.1, 0.15) is 45.0 Å². The molecule has 4 aromatic rings. The van der Waals surface area contributed by atoms with Crippen LogP contribution in [0.3, 0.4) is 0 Å². The molecule has 3 heterocycles. The zero-order valence-electron chi connectivity index (χ0n) is 19.0. The third-order valence-electron chi connectivity index (χ3n) is 6.10. The highest BCUT2D eigenvalue weighted by Gasteiger charge is 2.48. The second-order valence-corrected chi connectivity index (χ2v) is 10.4. The molecular weight excluding hydrogens is 553 g/mol. The molecule has 1 aliphatic rings. The Morgan fingerprint density at radius 3 is 2.17 bits per heavy atom. The summed E-state index contributed by atoms with van der Waals surface area (Å²) in [6.07, 6.45) is -4.73. The molecule has 2 aromatic carbocycles. The number of carbonyl (C=O) groups is 1. The number of hydrogen-bond donors (Lipinski definition) is 1. The number of carbonyl (C=O) groups excluding carboxylic acids is 1. The van der Waals surface area contributed by atoms with Crippen LogP contribution in [0, 0.1) is 0 Å². The van der Waals surface area contributed by atoms with E-state index in [-0.39, 0.29) is 35.5 Å². The molecule has 0 spiro atoms. The fraction of sp³-hybridized carbons (Fsp3) is 0.231. The predicted octanol–water partition coefficient (Wildman–Crippen LogP) is 7.21. The van der Waals surface area contributed by atoms with E-state index in [0.717, 1.165) is 20.7 Å². The van der Waals surface area contributed by atoms with E-state index in [2.05, 4.69) is 26.3 Å². The van der Waals surface area contributed by atoms with Crippen LogP contribution in [0.25, 0.3) is 0 Å². The molecule has 2 atom stereocenters. The number of nitrogens with zero attached hydrogens (tertiary/aromatic N) is 3. The molecule has 0 saturated carbocycles. The molecule has 5 nitrogen and oxygen atoms in total. The van der Waals surface area contributed by atoms with Gasteiger partial charge in [0.1, 0.15) is 5.82 Å². The molecule has 5 rings (SSSR count). The molecular formula is C26H22BrF3N4OS. The molecule has 1 aliphatic heterocycles. The largest absolute Gasteiger partial charge is 0.410 e. The summed E-state index contributed by atoms with van der Waals surface area (Å²) >= 11 is 4.80. The first-order chi connectivity index (χ1) is 17.3. The van der Waals surface area contributed by atoms with Gasteiger partial charge in [0.25, 0.3) is 5.91 Å². The number of rotatable bonds is 6. The van der Waals surface area contributed by atoms with Crippen LogP contribution in [0.5, 0.6) is 0 Å². The molecule has 0 bridgehead atoms. The summed E-state index contributed by atoms with van der Waals surface area (Å²) in [5.74, 6) is -0.295. The van der Waals surface area contributed by atoms with Gasteiger partial charge in [-0.3, -0.25) is 4.79 Å². The number of benzene rings is 2. The second kappa shape index (κ2) is 10.1. The van der Waals surface area contributed by atoms with E-state index in [1.54, 1.807) is 4.90 Å². The first-order valence-corrected chi connectivity index (χ1v) is 13.0. The molecule has 1 amide bonds. The van der Waals surface area contributed by atoms with E-state index in [1.165, 1.54) is 11.3 Å². The smallest absolute Gasteiger partial charge is 0.362 e. The van der Waals surface area contributed by atoms with Gasteiger partial charge in [0.2, 0.25) is 0 Å². The van der Waals surface area contributed by atoms with Crippen molar-refractivity contribution in [1.82, 2.24) is 14.7 Å². The van der Waals surface area contributed by atoms with Gasteiger partial charge in [-0.25, -0.2) is 4.68 Å². The Morgan fingerprint density at radius 1 is 1.03 bits per heavy atom. The Morgan fingerprint density at radius 2 is 1.64 bits per heavy atom. The minimum absolute atomic E-state index is 0.0505. The number of hydrogen-bond acceptors (Lipinski definition) is 4. The van der Waals surface area contributed by atoms with Crippen molar-refractivity contribution in [2.45, 2.75) is 37.8 Å². The zero-order valence-corrected chi connectivity index (χ0v) is 21.4. The van der Waals surface area contributed by atoms with E-state index >= 15 is 0 Å². The maximum absolute atomic E-state index is 14.1. The second-order valence-electron chi connectivity index (χ2n) is 8.59. The lowest BCUT2D eigenvalue weighted by atomic mass is 10.0. The quantitative estimate of drug-likeness (QED) is 0.264. The van der Waals surface area contributed by atoms with Gasteiger partial charge in [-0.05, 0) is 38.5 Å². The number of fused-ring (bicyclic) bond motifs is 1. The lowest BCUT2D eigenvalue weighted by Crippen LogP contribution is -2.35. The van der Waals surface area contributed by atoms with Gasteiger partial charge in [-0.1, -0.05) is 66.7 Å². The van der Waals surface area contributed by atoms with Crippen molar-refractivity contribution >= 4 is 39.0 Å². The first-order valence-electron chi connectivity index (χ1n) is 11.3. The molecule has 186 valence electrons. The van der Waals surface area contributed by atoms with E-state index < -0.39 is 24.2 Å². The maximum Gasteiger partial charge on any atom is 0.410 e. The summed E-state index contributed by atoms with van der Waals surface area (Å²) in [6, 6.07) is 20.2. The number of amides is 1. The Labute approximate surface area is 218 Å². The van der Waals surface area contributed by atoms with Crippen molar-refractivity contribution in [3.8, 4) is 0 Å². The van der Waals surface area contributed by atoms with Crippen molar-refractivity contribution in [3.63, 3.8) is 0 Å². The number of aromatic nitrogens is 2. The Bertz CT molecular complexity index is 1290. The van der Waals surface area contributed by atoms with Gasteiger partial charge < -0.3 is 10.2 Å². The summed E-state index contributed by atoms with van der Waals surface area (Å²) < 4.78 is 43.5. The van der Waals surface area contributed by atoms with E-state index in [4.69, 9.17) is 0 Å². The van der Waals surface area contributed by atoms with Crippen molar-refractivity contribution in [2.75, 3.05) is 5.32 Å². The number of nitrogens with one attached hydrogen (secondary N) is 1. The van der Waals surface area contributed by atoms with Gasteiger partial charge in [0, 0.05) is 24.4 Å². The molecule has 10 heteroatoms. The molecule has 0 aliphatic carbocycles. The minimum Gasteiger partial charge on any atom is -0.362 e. The Hall–Kier alpha value is -3.11. The molecule has 0 radical (unpaired) electrons. The predicted molar refractivity (Wildman–Crippen MR) is 137 cm³/mol. The van der Waals surface area contributed by atoms with Crippen LogP contribution >= 0.6 is 27.3 Å². The average molecular weight is 575 g/mol. The van der Waals surface area contributed by atoms with Gasteiger partial charge in [-0.15, -0.1) is 11.3 Å². The maximum atomic E-state index is 14.1. The van der Waals surface area contributed by atoms with Crippen LogP contribution in [0.4, 0.5) is 19.0 Å². The summed E-state index contributed by atoms with van der Waals surface area (Å²) in [6.45, 7) is 0.578. The molecule has 0 saturated heterocycles. The van der Waals surface area contributed by atoms with Crippen LogP contribution in [0.2, 0.25) is 0 Å². The van der Waals surface area contributed by atoms with Crippen LogP contribution in [-0.4, -0.2) is 26.8 Å². The van der Waals surface area contributed by atoms with E-state index in [0.29, 0.717) is 0 Å². The summed E-state index contributed by atoms with van der Waals surface area (Å²) in [5, 5.41) is 9.23. The highest BCUT2D eigenvalue weighted by molar-refractivity contribution is 9.10. The molecule has 0 fully saturated rings. The Balaban J connectivity index is 1.52. The Kier molecular flexibility index (Phi) is 6.90. The van der Waals surface area contributed by atoms with Crippen LogP contribution in [0.15, 0.2) is 82.6 Å². The monoisotopic (exact) mass is 574 g/mol. The zero-order chi connectivity index (χ0) is 25.3. The third kappa shape index (κ3) is 5.05. The van der Waals surface area contributed by atoms with Crippen LogP contribution in [-0.2, 0) is 13.1 Å².